The van der Waals surface area contributed by atoms with Crippen LogP contribution >= 0.6 is 0 Å². The van der Waals surface area contributed by atoms with Gasteiger partial charge >= 0.3 is 5.69 Å². The minimum atomic E-state index is -0.476. The van der Waals surface area contributed by atoms with Crippen molar-refractivity contribution in [2.24, 2.45) is 0 Å². The van der Waals surface area contributed by atoms with E-state index < -0.39 is 4.92 Å². The molecular weight excluding hydrogens is 224 g/mol. The van der Waals surface area contributed by atoms with E-state index in [1.54, 1.807) is 19.1 Å². The summed E-state index contributed by atoms with van der Waals surface area (Å²) in [6.45, 7) is 2.13. The van der Waals surface area contributed by atoms with Crippen molar-refractivity contribution < 1.29 is 9.66 Å². The molecule has 2 rings (SSSR count). The molecule has 1 aromatic heterocycles. The zero-order valence-corrected chi connectivity index (χ0v) is 9.11. The van der Waals surface area contributed by atoms with Gasteiger partial charge < -0.3 is 4.74 Å². The van der Waals surface area contributed by atoms with Gasteiger partial charge in [0.25, 0.3) is 0 Å². The molecule has 0 aliphatic heterocycles. The number of rotatable bonds is 4. The zero-order valence-electron chi connectivity index (χ0n) is 9.11. The Bertz CT molecular complexity index is 524. The van der Waals surface area contributed by atoms with Crippen LogP contribution < -0.4 is 4.74 Å². The highest BCUT2D eigenvalue weighted by atomic mass is 16.6. The number of nitrogens with zero attached hydrogens (tertiary/aromatic N) is 4. The Labute approximate surface area is 96.8 Å². The van der Waals surface area contributed by atoms with Crippen molar-refractivity contribution in [1.29, 1.82) is 0 Å². The van der Waals surface area contributed by atoms with Gasteiger partial charge in [-0.15, -0.1) is 0 Å². The SMILES string of the molecule is CCOc1cc(-n2cncn2)ccc1[N+](=O)[O-]. The highest BCUT2D eigenvalue weighted by molar-refractivity contribution is 5.52. The van der Waals surface area contributed by atoms with Gasteiger partial charge in [-0.25, -0.2) is 9.67 Å². The quantitative estimate of drug-likeness (QED) is 0.592. The van der Waals surface area contributed by atoms with Crippen LogP contribution in [-0.2, 0) is 0 Å². The average molecular weight is 234 g/mol. The summed E-state index contributed by atoms with van der Waals surface area (Å²) in [6, 6.07) is 4.55. The molecule has 7 nitrogen and oxygen atoms in total. The lowest BCUT2D eigenvalue weighted by molar-refractivity contribution is -0.385. The number of benzene rings is 1. The predicted molar refractivity (Wildman–Crippen MR) is 59.2 cm³/mol. The Balaban J connectivity index is 2.45. The summed E-state index contributed by atoms with van der Waals surface area (Å²) in [5.74, 6) is 0.227. The molecule has 17 heavy (non-hydrogen) atoms. The second kappa shape index (κ2) is 4.60. The van der Waals surface area contributed by atoms with E-state index in [4.69, 9.17) is 4.74 Å². The lowest BCUT2D eigenvalue weighted by Gasteiger charge is -2.06. The Morgan fingerprint density at radius 2 is 2.35 bits per heavy atom. The van der Waals surface area contributed by atoms with Gasteiger partial charge in [-0.3, -0.25) is 10.1 Å². The van der Waals surface area contributed by atoms with E-state index in [1.165, 1.54) is 23.4 Å². The first kappa shape index (κ1) is 11.1. The number of hydrogen-bond donors (Lipinski definition) is 0. The highest BCUT2D eigenvalue weighted by Gasteiger charge is 2.15. The molecule has 0 aliphatic carbocycles. The second-order valence-corrected chi connectivity index (χ2v) is 3.18. The fraction of sp³-hybridized carbons (Fsp3) is 0.200. The van der Waals surface area contributed by atoms with Crippen molar-refractivity contribution in [3.63, 3.8) is 0 Å². The fourth-order valence-electron chi connectivity index (χ4n) is 1.41. The number of hydrogen-bond acceptors (Lipinski definition) is 5. The van der Waals surface area contributed by atoms with Crippen LogP contribution in [-0.4, -0.2) is 26.3 Å². The molecule has 0 saturated carbocycles. The highest BCUT2D eigenvalue weighted by Crippen LogP contribution is 2.28. The first-order valence-electron chi connectivity index (χ1n) is 4.98. The number of ether oxygens (including phenoxy) is 1. The van der Waals surface area contributed by atoms with E-state index >= 15 is 0 Å². The number of aromatic nitrogens is 3. The Morgan fingerprint density at radius 1 is 1.53 bits per heavy atom. The molecule has 88 valence electrons. The van der Waals surface area contributed by atoms with Gasteiger partial charge in [-0.05, 0) is 13.0 Å². The van der Waals surface area contributed by atoms with Crippen LogP contribution in [0.3, 0.4) is 0 Å². The summed E-state index contributed by atoms with van der Waals surface area (Å²) in [5.41, 5.74) is 0.604. The molecular formula is C10H10N4O3. The summed E-state index contributed by atoms with van der Waals surface area (Å²) in [6.07, 6.45) is 2.90. The van der Waals surface area contributed by atoms with Crippen LogP contribution in [0.1, 0.15) is 6.92 Å². The summed E-state index contributed by atoms with van der Waals surface area (Å²) in [7, 11) is 0. The van der Waals surface area contributed by atoms with Crippen molar-refractivity contribution in [2.75, 3.05) is 6.61 Å². The molecule has 1 aromatic carbocycles. The van der Waals surface area contributed by atoms with E-state index in [0.29, 0.717) is 12.3 Å². The summed E-state index contributed by atoms with van der Waals surface area (Å²) < 4.78 is 6.74. The van der Waals surface area contributed by atoms with Crippen molar-refractivity contribution in [3.05, 3.63) is 41.0 Å². The maximum atomic E-state index is 10.8. The van der Waals surface area contributed by atoms with Crippen molar-refractivity contribution in [2.45, 2.75) is 6.92 Å². The first-order valence-corrected chi connectivity index (χ1v) is 4.98. The van der Waals surface area contributed by atoms with Crippen LogP contribution in [0.5, 0.6) is 5.75 Å². The molecule has 2 aromatic rings. The van der Waals surface area contributed by atoms with Gasteiger partial charge in [0.1, 0.15) is 12.7 Å². The van der Waals surface area contributed by atoms with E-state index in [1.807, 2.05) is 0 Å². The van der Waals surface area contributed by atoms with Crippen molar-refractivity contribution in [1.82, 2.24) is 14.8 Å². The Kier molecular flexibility index (Phi) is 2.99. The molecule has 0 radical (unpaired) electrons. The van der Waals surface area contributed by atoms with E-state index in [0.717, 1.165) is 0 Å². The molecule has 0 N–H and O–H groups in total. The van der Waals surface area contributed by atoms with Crippen LogP contribution in [0.25, 0.3) is 5.69 Å². The van der Waals surface area contributed by atoms with Gasteiger partial charge in [0, 0.05) is 12.1 Å². The summed E-state index contributed by atoms with van der Waals surface area (Å²) in [4.78, 5) is 14.1. The third-order valence-corrected chi connectivity index (χ3v) is 2.12. The fourth-order valence-corrected chi connectivity index (χ4v) is 1.41. The second-order valence-electron chi connectivity index (χ2n) is 3.18. The molecule has 0 atom stereocenters. The molecule has 0 bridgehead atoms. The minimum absolute atomic E-state index is 0.0595. The zero-order chi connectivity index (χ0) is 12.3. The minimum Gasteiger partial charge on any atom is -0.487 e. The molecule has 0 amide bonds. The molecule has 0 saturated heterocycles. The third kappa shape index (κ3) is 2.22. The van der Waals surface area contributed by atoms with Crippen molar-refractivity contribution >= 4 is 5.69 Å². The maximum Gasteiger partial charge on any atom is 0.311 e. The lowest BCUT2D eigenvalue weighted by Crippen LogP contribution is -2.00. The van der Waals surface area contributed by atoms with Crippen LogP contribution in [0, 0.1) is 10.1 Å². The maximum absolute atomic E-state index is 10.8. The van der Waals surface area contributed by atoms with Crippen molar-refractivity contribution in [3.8, 4) is 11.4 Å². The predicted octanol–water partition coefficient (Wildman–Crippen LogP) is 1.57. The summed E-state index contributed by atoms with van der Waals surface area (Å²) >= 11 is 0. The van der Waals surface area contributed by atoms with Gasteiger partial charge in [-0.2, -0.15) is 5.10 Å². The first-order chi connectivity index (χ1) is 8.22. The monoisotopic (exact) mass is 234 g/mol. The lowest BCUT2D eigenvalue weighted by atomic mass is 10.2. The molecule has 7 heteroatoms. The Morgan fingerprint density at radius 3 is 2.94 bits per heavy atom. The van der Waals surface area contributed by atoms with Crippen LogP contribution in [0.15, 0.2) is 30.9 Å². The number of nitro benzene ring substituents is 1. The Hall–Kier alpha value is -2.44. The standard InChI is InChI=1S/C10H10N4O3/c1-2-17-10-5-8(13-7-11-6-12-13)3-4-9(10)14(15)16/h3-7H,2H2,1H3. The van der Waals surface area contributed by atoms with E-state index in [2.05, 4.69) is 10.1 Å². The van der Waals surface area contributed by atoms with Gasteiger partial charge in [-0.1, -0.05) is 0 Å². The number of nitro groups is 1. The smallest absolute Gasteiger partial charge is 0.311 e. The molecule has 0 unspecified atom stereocenters. The average Bonchev–Trinajstić information content (AvgIpc) is 2.82. The molecule has 0 spiro atoms. The van der Waals surface area contributed by atoms with Gasteiger partial charge in [0.2, 0.25) is 0 Å². The summed E-state index contributed by atoms with van der Waals surface area (Å²) in [5, 5.41) is 14.7. The molecule has 0 fully saturated rings. The normalized spacial score (nSPS) is 10.2. The van der Waals surface area contributed by atoms with E-state index in [9.17, 15) is 10.1 Å². The largest absolute Gasteiger partial charge is 0.487 e. The van der Waals surface area contributed by atoms with Gasteiger partial charge in [0.05, 0.1) is 17.2 Å². The van der Waals surface area contributed by atoms with Crippen LogP contribution in [0.4, 0.5) is 5.69 Å². The topological polar surface area (TPSA) is 83.1 Å². The molecule has 0 aliphatic rings. The third-order valence-electron chi connectivity index (χ3n) is 2.12. The van der Waals surface area contributed by atoms with Crippen LogP contribution in [0.2, 0.25) is 0 Å². The molecule has 1 heterocycles. The van der Waals surface area contributed by atoms with Gasteiger partial charge in [0.15, 0.2) is 5.75 Å². The van der Waals surface area contributed by atoms with E-state index in [-0.39, 0.29) is 11.4 Å².